The Morgan fingerprint density at radius 2 is 2.00 bits per heavy atom. The van der Waals surface area contributed by atoms with E-state index in [1.54, 1.807) is 6.07 Å². The third-order valence-corrected chi connectivity index (χ3v) is 4.10. The van der Waals surface area contributed by atoms with E-state index in [1.807, 2.05) is 13.0 Å². The lowest BCUT2D eigenvalue weighted by atomic mass is 10.00. The van der Waals surface area contributed by atoms with Crippen molar-refractivity contribution < 1.29 is 4.39 Å². The van der Waals surface area contributed by atoms with Crippen LogP contribution in [-0.4, -0.2) is 38.1 Å². The van der Waals surface area contributed by atoms with Crippen molar-refractivity contribution in [3.8, 4) is 0 Å². The number of benzene rings is 1. The highest BCUT2D eigenvalue weighted by molar-refractivity contribution is 5.55. The van der Waals surface area contributed by atoms with Gasteiger partial charge < -0.3 is 15.5 Å². The van der Waals surface area contributed by atoms with Crippen LogP contribution in [0.3, 0.4) is 0 Å². The molecule has 2 N–H and O–H groups in total. The molecule has 0 aliphatic carbocycles. The van der Waals surface area contributed by atoms with Gasteiger partial charge in [0.1, 0.15) is 5.82 Å². The van der Waals surface area contributed by atoms with Crippen LogP contribution < -0.4 is 10.6 Å². The number of likely N-dealkylation sites (tertiary alicyclic amines) is 1. The summed E-state index contributed by atoms with van der Waals surface area (Å²) < 4.78 is 13.4. The van der Waals surface area contributed by atoms with Gasteiger partial charge >= 0.3 is 0 Å². The fourth-order valence-corrected chi connectivity index (χ4v) is 2.79. The van der Waals surface area contributed by atoms with Crippen molar-refractivity contribution in [2.45, 2.75) is 31.8 Å². The van der Waals surface area contributed by atoms with Crippen LogP contribution in [0.5, 0.6) is 0 Å². The van der Waals surface area contributed by atoms with Gasteiger partial charge in [0.25, 0.3) is 0 Å². The van der Waals surface area contributed by atoms with Crippen LogP contribution >= 0.6 is 0 Å². The first-order valence-electron chi connectivity index (χ1n) is 6.95. The molecular formula is C15H24FN3. The molecule has 19 heavy (non-hydrogen) atoms. The van der Waals surface area contributed by atoms with Gasteiger partial charge in [-0.2, -0.15) is 0 Å². The van der Waals surface area contributed by atoms with Crippen molar-refractivity contribution in [1.29, 1.82) is 0 Å². The van der Waals surface area contributed by atoms with Crippen LogP contribution in [0.2, 0.25) is 0 Å². The Morgan fingerprint density at radius 1 is 1.37 bits per heavy atom. The van der Waals surface area contributed by atoms with Crippen molar-refractivity contribution in [1.82, 2.24) is 4.90 Å². The lowest BCUT2D eigenvalue weighted by Gasteiger charge is -2.37. The second-order valence-corrected chi connectivity index (χ2v) is 5.64. The number of piperidine rings is 1. The monoisotopic (exact) mass is 265 g/mol. The smallest absolute Gasteiger partial charge is 0.123 e. The topological polar surface area (TPSA) is 32.5 Å². The Morgan fingerprint density at radius 3 is 2.58 bits per heavy atom. The number of hydrogen-bond acceptors (Lipinski definition) is 3. The number of halogens is 1. The van der Waals surface area contributed by atoms with Crippen molar-refractivity contribution in [2.75, 3.05) is 32.1 Å². The van der Waals surface area contributed by atoms with E-state index in [0.29, 0.717) is 6.04 Å². The van der Waals surface area contributed by atoms with Gasteiger partial charge in [-0.05, 0) is 63.7 Å². The van der Waals surface area contributed by atoms with E-state index >= 15 is 0 Å². The SMILES string of the molecule is C[C@H](N)c1cc(F)ccc1N(C)C1CCN(C)CC1. The lowest BCUT2D eigenvalue weighted by Crippen LogP contribution is -2.42. The number of nitrogens with two attached hydrogens (primary N) is 1. The molecule has 0 unspecified atom stereocenters. The molecule has 1 fully saturated rings. The van der Waals surface area contributed by atoms with Crippen molar-refractivity contribution in [3.63, 3.8) is 0 Å². The molecule has 1 heterocycles. The first kappa shape index (κ1) is 14.3. The van der Waals surface area contributed by atoms with Gasteiger partial charge in [-0.25, -0.2) is 4.39 Å². The van der Waals surface area contributed by atoms with E-state index in [4.69, 9.17) is 5.73 Å². The summed E-state index contributed by atoms with van der Waals surface area (Å²) in [5, 5.41) is 0. The minimum atomic E-state index is -0.215. The molecule has 1 saturated heterocycles. The number of rotatable bonds is 3. The standard InChI is InChI=1S/C15H24FN3/c1-11(17)14-10-12(16)4-5-15(14)19(3)13-6-8-18(2)9-7-13/h4-5,10-11,13H,6-9,17H2,1-3H3/t11-/m0/s1. The average molecular weight is 265 g/mol. The Bertz CT molecular complexity index is 425. The lowest BCUT2D eigenvalue weighted by molar-refractivity contribution is 0.252. The predicted octanol–water partition coefficient (Wildman–Crippen LogP) is 2.38. The third-order valence-electron chi connectivity index (χ3n) is 4.10. The van der Waals surface area contributed by atoms with Crippen LogP contribution in [0.1, 0.15) is 31.4 Å². The molecule has 106 valence electrons. The van der Waals surface area contributed by atoms with Crippen molar-refractivity contribution in [2.24, 2.45) is 5.73 Å². The molecule has 1 aromatic carbocycles. The Labute approximate surface area is 115 Å². The summed E-state index contributed by atoms with van der Waals surface area (Å²) in [4.78, 5) is 4.62. The molecule has 0 radical (unpaired) electrons. The van der Waals surface area contributed by atoms with Gasteiger partial charge in [-0.1, -0.05) is 0 Å². The summed E-state index contributed by atoms with van der Waals surface area (Å²) in [5.41, 5.74) is 7.92. The molecule has 0 saturated carbocycles. The Balaban J connectivity index is 2.21. The van der Waals surface area contributed by atoms with Crippen molar-refractivity contribution in [3.05, 3.63) is 29.6 Å². The highest BCUT2D eigenvalue weighted by Crippen LogP contribution is 2.29. The summed E-state index contributed by atoms with van der Waals surface area (Å²) in [7, 11) is 4.25. The highest BCUT2D eigenvalue weighted by Gasteiger charge is 2.23. The first-order chi connectivity index (χ1) is 8.99. The van der Waals surface area contributed by atoms with E-state index in [2.05, 4.69) is 23.9 Å². The van der Waals surface area contributed by atoms with Gasteiger partial charge in [0, 0.05) is 24.8 Å². The molecule has 0 aromatic heterocycles. The molecule has 1 aliphatic rings. The molecule has 0 spiro atoms. The molecule has 0 bridgehead atoms. The molecule has 4 heteroatoms. The second kappa shape index (κ2) is 5.88. The molecule has 0 amide bonds. The maximum absolute atomic E-state index is 13.4. The van der Waals surface area contributed by atoms with Crippen LogP contribution in [-0.2, 0) is 0 Å². The van der Waals surface area contributed by atoms with Gasteiger partial charge in [-0.3, -0.25) is 0 Å². The normalized spacial score (nSPS) is 19.4. The minimum Gasteiger partial charge on any atom is -0.371 e. The van der Waals surface area contributed by atoms with E-state index in [0.717, 1.165) is 37.2 Å². The van der Waals surface area contributed by atoms with E-state index < -0.39 is 0 Å². The summed E-state index contributed by atoms with van der Waals surface area (Å²) >= 11 is 0. The molecular weight excluding hydrogens is 241 g/mol. The third kappa shape index (κ3) is 3.25. The molecule has 1 aliphatic heterocycles. The fourth-order valence-electron chi connectivity index (χ4n) is 2.79. The highest BCUT2D eigenvalue weighted by atomic mass is 19.1. The van der Waals surface area contributed by atoms with E-state index in [9.17, 15) is 4.39 Å². The maximum Gasteiger partial charge on any atom is 0.123 e. The number of nitrogens with zero attached hydrogens (tertiary/aromatic N) is 2. The van der Waals surface area contributed by atoms with Gasteiger partial charge in [-0.15, -0.1) is 0 Å². The van der Waals surface area contributed by atoms with Crippen LogP contribution in [0.4, 0.5) is 10.1 Å². The van der Waals surface area contributed by atoms with Crippen molar-refractivity contribution >= 4 is 5.69 Å². The minimum absolute atomic E-state index is 0.153. The van der Waals surface area contributed by atoms with Crippen LogP contribution in [0.25, 0.3) is 0 Å². The Hall–Kier alpha value is -1.13. The van der Waals surface area contributed by atoms with Gasteiger partial charge in [0.2, 0.25) is 0 Å². The summed E-state index contributed by atoms with van der Waals surface area (Å²) in [6, 6.07) is 5.29. The largest absolute Gasteiger partial charge is 0.371 e. The second-order valence-electron chi connectivity index (χ2n) is 5.64. The van der Waals surface area contributed by atoms with Gasteiger partial charge in [0.05, 0.1) is 0 Å². The Kier molecular flexibility index (Phi) is 4.42. The number of anilines is 1. The molecule has 3 nitrogen and oxygen atoms in total. The zero-order valence-electron chi connectivity index (χ0n) is 12.1. The summed E-state index contributed by atoms with van der Waals surface area (Å²) in [6.07, 6.45) is 2.28. The average Bonchev–Trinajstić information content (AvgIpc) is 2.38. The predicted molar refractivity (Wildman–Crippen MR) is 77.9 cm³/mol. The van der Waals surface area contributed by atoms with E-state index in [-0.39, 0.29) is 11.9 Å². The molecule has 1 atom stereocenters. The van der Waals surface area contributed by atoms with Crippen LogP contribution in [0, 0.1) is 5.82 Å². The summed E-state index contributed by atoms with van der Waals surface area (Å²) in [5.74, 6) is -0.215. The van der Waals surface area contributed by atoms with E-state index in [1.165, 1.54) is 6.07 Å². The number of hydrogen-bond donors (Lipinski definition) is 1. The fraction of sp³-hybridized carbons (Fsp3) is 0.600. The first-order valence-corrected chi connectivity index (χ1v) is 6.95. The summed E-state index contributed by atoms with van der Waals surface area (Å²) in [6.45, 7) is 4.13. The van der Waals surface area contributed by atoms with Crippen LogP contribution in [0.15, 0.2) is 18.2 Å². The zero-order chi connectivity index (χ0) is 14.0. The van der Waals surface area contributed by atoms with Gasteiger partial charge in [0.15, 0.2) is 0 Å². The maximum atomic E-state index is 13.4. The molecule has 1 aromatic rings. The zero-order valence-corrected chi connectivity index (χ0v) is 12.1. The molecule has 2 rings (SSSR count). The quantitative estimate of drug-likeness (QED) is 0.910.